The molecule has 1 saturated carbocycles. The molecule has 3 heteroatoms. The summed E-state index contributed by atoms with van der Waals surface area (Å²) < 4.78 is 1.23. The Morgan fingerprint density at radius 2 is 2.31 bits per heavy atom. The van der Waals surface area contributed by atoms with Gasteiger partial charge in [0, 0.05) is 12.6 Å². The fourth-order valence-corrected chi connectivity index (χ4v) is 3.76. The van der Waals surface area contributed by atoms with E-state index < -0.39 is 0 Å². The first kappa shape index (κ1) is 12.6. The van der Waals surface area contributed by atoms with Gasteiger partial charge in [-0.15, -0.1) is 11.3 Å². The van der Waals surface area contributed by atoms with Gasteiger partial charge in [0.25, 0.3) is 0 Å². The molecule has 1 atom stereocenters. The van der Waals surface area contributed by atoms with Crippen LogP contribution in [-0.2, 0) is 6.54 Å². The first-order valence-electron chi connectivity index (χ1n) is 6.04. The highest BCUT2D eigenvalue weighted by molar-refractivity contribution is 9.11. The molecule has 1 fully saturated rings. The highest BCUT2D eigenvalue weighted by Crippen LogP contribution is 2.35. The first-order chi connectivity index (χ1) is 7.58. The topological polar surface area (TPSA) is 12.0 Å². The highest BCUT2D eigenvalue weighted by Gasteiger charge is 2.31. The van der Waals surface area contributed by atoms with Crippen molar-refractivity contribution in [3.63, 3.8) is 0 Å². The third-order valence-corrected chi connectivity index (χ3v) is 5.23. The molecule has 1 aromatic heterocycles. The van der Waals surface area contributed by atoms with Crippen molar-refractivity contribution in [1.82, 2.24) is 5.32 Å². The van der Waals surface area contributed by atoms with Crippen LogP contribution in [0.25, 0.3) is 0 Å². The molecule has 0 spiro atoms. The van der Waals surface area contributed by atoms with Crippen molar-refractivity contribution in [1.29, 1.82) is 0 Å². The van der Waals surface area contributed by atoms with E-state index in [2.05, 4.69) is 46.5 Å². The van der Waals surface area contributed by atoms with E-state index in [-0.39, 0.29) is 0 Å². The van der Waals surface area contributed by atoms with Crippen LogP contribution in [0.1, 0.15) is 45.1 Å². The number of hydrogen-bond donors (Lipinski definition) is 1. The molecule has 1 aliphatic carbocycles. The van der Waals surface area contributed by atoms with Crippen molar-refractivity contribution in [2.45, 2.75) is 52.1 Å². The zero-order valence-corrected chi connectivity index (χ0v) is 12.5. The Hall–Kier alpha value is 0.140. The molecule has 1 nitrogen and oxygen atoms in total. The third kappa shape index (κ3) is 3.08. The fraction of sp³-hybridized carbons (Fsp3) is 0.692. The molecule has 2 rings (SSSR count). The second-order valence-corrected chi connectivity index (χ2v) is 7.72. The van der Waals surface area contributed by atoms with Crippen molar-refractivity contribution < 1.29 is 0 Å². The molecule has 16 heavy (non-hydrogen) atoms. The van der Waals surface area contributed by atoms with Crippen LogP contribution in [0.3, 0.4) is 0 Å². The van der Waals surface area contributed by atoms with Crippen LogP contribution < -0.4 is 5.32 Å². The van der Waals surface area contributed by atoms with Gasteiger partial charge in [-0.2, -0.15) is 0 Å². The summed E-state index contributed by atoms with van der Waals surface area (Å²) >= 11 is 5.28. The molecule has 1 aliphatic rings. The van der Waals surface area contributed by atoms with Crippen LogP contribution in [0.4, 0.5) is 0 Å². The summed E-state index contributed by atoms with van der Waals surface area (Å²) in [5.41, 5.74) is 1.86. The molecule has 1 N–H and O–H groups in total. The Labute approximate surface area is 111 Å². The summed E-state index contributed by atoms with van der Waals surface area (Å²) in [7, 11) is 0. The minimum Gasteiger partial charge on any atom is -0.309 e. The van der Waals surface area contributed by atoms with Gasteiger partial charge in [0.15, 0.2) is 0 Å². The quantitative estimate of drug-likeness (QED) is 0.862. The van der Waals surface area contributed by atoms with Gasteiger partial charge in [-0.05, 0) is 51.2 Å². The Morgan fingerprint density at radius 1 is 1.50 bits per heavy atom. The minimum atomic E-state index is 0.464. The van der Waals surface area contributed by atoms with Crippen LogP contribution >= 0.6 is 27.3 Å². The van der Waals surface area contributed by atoms with Gasteiger partial charge in [-0.25, -0.2) is 0 Å². The summed E-state index contributed by atoms with van der Waals surface area (Å²) in [6, 6.07) is 2.90. The number of hydrogen-bond acceptors (Lipinski definition) is 2. The summed E-state index contributed by atoms with van der Waals surface area (Å²) in [5, 5.41) is 5.96. The lowest BCUT2D eigenvalue weighted by atomic mass is 9.73. The van der Waals surface area contributed by atoms with Gasteiger partial charge in [-0.3, -0.25) is 0 Å². The maximum Gasteiger partial charge on any atom is 0.0701 e. The zero-order chi connectivity index (χ0) is 11.6. The Kier molecular flexibility index (Phi) is 4.09. The van der Waals surface area contributed by atoms with E-state index in [1.165, 1.54) is 35.0 Å². The summed E-state index contributed by atoms with van der Waals surface area (Å²) in [5.74, 6) is 0. The Balaban J connectivity index is 1.89. The lowest BCUT2D eigenvalue weighted by Gasteiger charge is -2.39. The monoisotopic (exact) mass is 301 g/mol. The van der Waals surface area contributed by atoms with Gasteiger partial charge in [0.1, 0.15) is 0 Å². The lowest BCUT2D eigenvalue weighted by Crippen LogP contribution is -2.43. The molecule has 0 bridgehead atoms. The van der Waals surface area contributed by atoms with E-state index >= 15 is 0 Å². The van der Waals surface area contributed by atoms with Crippen molar-refractivity contribution in [3.8, 4) is 0 Å². The minimum absolute atomic E-state index is 0.464. The van der Waals surface area contributed by atoms with Crippen molar-refractivity contribution in [2.24, 2.45) is 5.41 Å². The molecular weight excluding hydrogens is 282 g/mol. The predicted octanol–water partition coefficient (Wildman–Crippen LogP) is 4.57. The normalized spacial score (nSPS) is 24.6. The second-order valence-electron chi connectivity index (χ2n) is 5.43. The van der Waals surface area contributed by atoms with Gasteiger partial charge < -0.3 is 5.32 Å². The lowest BCUT2D eigenvalue weighted by molar-refractivity contribution is 0.167. The van der Waals surface area contributed by atoms with Crippen molar-refractivity contribution >= 4 is 27.3 Å². The van der Waals surface area contributed by atoms with E-state index in [9.17, 15) is 0 Å². The highest BCUT2D eigenvalue weighted by atomic mass is 79.9. The summed E-state index contributed by atoms with van der Waals surface area (Å²) in [6.07, 6.45) is 5.47. The zero-order valence-electron chi connectivity index (χ0n) is 10.1. The smallest absolute Gasteiger partial charge is 0.0701 e. The van der Waals surface area contributed by atoms with Crippen molar-refractivity contribution in [3.05, 3.63) is 20.8 Å². The maximum absolute atomic E-state index is 3.73. The predicted molar refractivity (Wildman–Crippen MR) is 74.9 cm³/mol. The second kappa shape index (κ2) is 5.19. The van der Waals surface area contributed by atoms with Gasteiger partial charge in [0.2, 0.25) is 0 Å². The molecule has 0 aliphatic heterocycles. The third-order valence-electron chi connectivity index (χ3n) is 3.68. The average molecular weight is 302 g/mol. The van der Waals surface area contributed by atoms with E-state index in [0.29, 0.717) is 11.5 Å². The van der Waals surface area contributed by atoms with Crippen LogP contribution in [0.2, 0.25) is 0 Å². The van der Waals surface area contributed by atoms with Crippen LogP contribution in [0.5, 0.6) is 0 Å². The molecule has 0 saturated heterocycles. The molecule has 1 aromatic rings. The van der Waals surface area contributed by atoms with Gasteiger partial charge in [0.05, 0.1) is 3.79 Å². The largest absolute Gasteiger partial charge is 0.309 e. The van der Waals surface area contributed by atoms with Crippen LogP contribution in [0.15, 0.2) is 15.2 Å². The standard InChI is InChI=1S/C13H20BrNS/c1-13(2)6-4-3-5-11(13)15-8-10-7-12(14)16-9-10/h7,9,11,15H,3-6,8H2,1-2H3. The van der Waals surface area contributed by atoms with Crippen LogP contribution in [-0.4, -0.2) is 6.04 Å². The molecule has 0 radical (unpaired) electrons. The van der Waals surface area contributed by atoms with E-state index in [1.807, 2.05) is 0 Å². The molecule has 1 unspecified atom stereocenters. The number of halogens is 1. The molecule has 1 heterocycles. The first-order valence-corrected chi connectivity index (χ1v) is 7.71. The molecular formula is C13H20BrNS. The molecule has 0 aromatic carbocycles. The number of nitrogens with one attached hydrogen (secondary N) is 1. The Morgan fingerprint density at radius 3 is 2.94 bits per heavy atom. The SMILES string of the molecule is CC1(C)CCCCC1NCc1csc(Br)c1. The summed E-state index contributed by atoms with van der Waals surface area (Å²) in [6.45, 7) is 5.80. The van der Waals surface area contributed by atoms with E-state index in [0.717, 1.165) is 6.54 Å². The van der Waals surface area contributed by atoms with Gasteiger partial charge >= 0.3 is 0 Å². The summed E-state index contributed by atoms with van der Waals surface area (Å²) in [4.78, 5) is 0. The average Bonchev–Trinajstić information content (AvgIpc) is 2.62. The van der Waals surface area contributed by atoms with Gasteiger partial charge in [-0.1, -0.05) is 26.7 Å². The van der Waals surface area contributed by atoms with E-state index in [1.54, 1.807) is 11.3 Å². The molecule has 0 amide bonds. The van der Waals surface area contributed by atoms with E-state index in [4.69, 9.17) is 0 Å². The van der Waals surface area contributed by atoms with Crippen LogP contribution in [0, 0.1) is 5.41 Å². The fourth-order valence-electron chi connectivity index (χ4n) is 2.55. The molecule has 90 valence electrons. The Bertz CT molecular complexity index is 345. The maximum atomic E-state index is 3.73. The number of thiophene rings is 1. The number of rotatable bonds is 3. The van der Waals surface area contributed by atoms with Crippen molar-refractivity contribution in [2.75, 3.05) is 0 Å².